The summed E-state index contributed by atoms with van der Waals surface area (Å²) < 4.78 is 21.7. The van der Waals surface area contributed by atoms with E-state index in [1.165, 1.54) is 11.8 Å². The Hall–Kier alpha value is -4.18. The predicted molar refractivity (Wildman–Crippen MR) is 137 cm³/mol. The number of thioether (sulfide) groups is 1. The van der Waals surface area contributed by atoms with Crippen molar-refractivity contribution in [1.82, 2.24) is 9.97 Å². The molecule has 1 amide bonds. The number of amides is 1. The van der Waals surface area contributed by atoms with Crippen LogP contribution in [0.15, 0.2) is 65.8 Å². The van der Waals surface area contributed by atoms with Gasteiger partial charge in [-0.2, -0.15) is 0 Å². The Bertz CT molecular complexity index is 1460. The van der Waals surface area contributed by atoms with Crippen LogP contribution in [0, 0.1) is 0 Å². The number of hydrogen-bond donors (Lipinski definition) is 2. The molecule has 4 aromatic rings. The van der Waals surface area contributed by atoms with Crippen LogP contribution in [0.25, 0.3) is 10.9 Å². The Labute approximate surface area is 211 Å². The summed E-state index contributed by atoms with van der Waals surface area (Å²) in [5, 5.41) is 7.32. The largest absolute Gasteiger partial charge is 0.454 e. The Morgan fingerprint density at radius 3 is 2.31 bits per heavy atom. The van der Waals surface area contributed by atoms with Gasteiger partial charge in [-0.1, -0.05) is 30.8 Å². The molecule has 0 saturated carbocycles. The highest BCUT2D eigenvalue weighted by Crippen LogP contribution is 2.37. The van der Waals surface area contributed by atoms with E-state index >= 15 is 0 Å². The zero-order chi connectivity index (χ0) is 24.5. The number of fused-ring (bicyclic) bond motifs is 3. The van der Waals surface area contributed by atoms with Crippen LogP contribution in [-0.2, 0) is 4.79 Å². The van der Waals surface area contributed by atoms with Gasteiger partial charge in [-0.3, -0.25) is 4.79 Å². The molecule has 1 unspecified atom stereocenters. The lowest BCUT2D eigenvalue weighted by Crippen LogP contribution is -2.24. The van der Waals surface area contributed by atoms with Gasteiger partial charge in [0.15, 0.2) is 28.2 Å². The third-order valence-corrected chi connectivity index (χ3v) is 6.99. The van der Waals surface area contributed by atoms with Crippen LogP contribution in [0.2, 0.25) is 0 Å². The Morgan fingerprint density at radius 1 is 0.889 bits per heavy atom. The molecule has 36 heavy (non-hydrogen) atoms. The molecule has 0 radical (unpaired) electrons. The summed E-state index contributed by atoms with van der Waals surface area (Å²) in [4.78, 5) is 22.6. The lowest BCUT2D eigenvalue weighted by atomic mass is 10.2. The van der Waals surface area contributed by atoms with E-state index in [1.54, 1.807) is 18.2 Å². The van der Waals surface area contributed by atoms with Crippen molar-refractivity contribution < 1.29 is 23.7 Å². The highest BCUT2D eigenvalue weighted by Gasteiger charge is 2.22. The second-order valence-corrected chi connectivity index (χ2v) is 9.31. The maximum atomic E-state index is 13.1. The van der Waals surface area contributed by atoms with Gasteiger partial charge in [0, 0.05) is 28.9 Å². The molecule has 2 aliphatic heterocycles. The predicted octanol–water partition coefficient (Wildman–Crippen LogP) is 5.34. The smallest absolute Gasteiger partial charge is 0.237 e. The van der Waals surface area contributed by atoms with Gasteiger partial charge in [-0.25, -0.2) is 9.97 Å². The molecule has 0 bridgehead atoms. The molecule has 3 aromatic carbocycles. The number of hydrogen-bond acceptors (Lipinski definition) is 9. The first-order valence-corrected chi connectivity index (χ1v) is 12.3. The van der Waals surface area contributed by atoms with E-state index in [1.807, 2.05) is 49.4 Å². The van der Waals surface area contributed by atoms with Crippen molar-refractivity contribution in [2.45, 2.75) is 23.8 Å². The number of rotatable bonds is 7. The summed E-state index contributed by atoms with van der Waals surface area (Å²) in [6.07, 6.45) is 0.599. The maximum Gasteiger partial charge on any atom is 0.237 e. The third-order valence-electron chi connectivity index (χ3n) is 5.77. The molecule has 6 rings (SSSR count). The van der Waals surface area contributed by atoms with Crippen molar-refractivity contribution in [3.63, 3.8) is 0 Å². The van der Waals surface area contributed by atoms with Gasteiger partial charge in [0.25, 0.3) is 0 Å². The molecule has 3 heterocycles. The van der Waals surface area contributed by atoms with E-state index in [-0.39, 0.29) is 19.5 Å². The average Bonchev–Trinajstić information content (AvgIpc) is 3.56. The summed E-state index contributed by atoms with van der Waals surface area (Å²) in [5.74, 6) is 3.19. The van der Waals surface area contributed by atoms with E-state index in [0.717, 1.165) is 16.6 Å². The number of carbonyl (C=O) groups excluding carboxylic acids is 1. The van der Waals surface area contributed by atoms with Gasteiger partial charge < -0.3 is 29.6 Å². The van der Waals surface area contributed by atoms with Gasteiger partial charge in [0.05, 0.1) is 10.8 Å². The highest BCUT2D eigenvalue weighted by molar-refractivity contribution is 8.00. The molecular weight excluding hydrogens is 480 g/mol. The van der Waals surface area contributed by atoms with E-state index in [4.69, 9.17) is 28.9 Å². The molecule has 9 nitrogen and oxygen atoms in total. The van der Waals surface area contributed by atoms with Crippen molar-refractivity contribution in [2.24, 2.45) is 0 Å². The van der Waals surface area contributed by atoms with Crippen LogP contribution in [0.3, 0.4) is 0 Å². The summed E-state index contributed by atoms with van der Waals surface area (Å²) in [6.45, 7) is 2.36. The monoisotopic (exact) mass is 502 g/mol. The first-order chi connectivity index (χ1) is 17.7. The quantitative estimate of drug-likeness (QED) is 0.256. The molecular formula is C26H22N4O5S. The maximum absolute atomic E-state index is 13.1. The topological polar surface area (TPSA) is 104 Å². The van der Waals surface area contributed by atoms with E-state index < -0.39 is 5.25 Å². The van der Waals surface area contributed by atoms with E-state index in [0.29, 0.717) is 46.1 Å². The Kier molecular flexibility index (Phi) is 5.86. The van der Waals surface area contributed by atoms with Crippen molar-refractivity contribution in [3.05, 3.63) is 60.7 Å². The lowest BCUT2D eigenvalue weighted by Gasteiger charge is -2.16. The summed E-state index contributed by atoms with van der Waals surface area (Å²) in [7, 11) is 0. The normalized spacial score (nSPS) is 14.0. The van der Waals surface area contributed by atoms with Gasteiger partial charge in [-0.05, 0) is 42.8 Å². The van der Waals surface area contributed by atoms with Crippen molar-refractivity contribution in [2.75, 3.05) is 24.2 Å². The molecule has 1 atom stereocenters. The van der Waals surface area contributed by atoms with Crippen molar-refractivity contribution >= 4 is 45.8 Å². The van der Waals surface area contributed by atoms with Gasteiger partial charge in [0.1, 0.15) is 5.82 Å². The minimum absolute atomic E-state index is 0.136. The number of nitrogens with one attached hydrogen (secondary N) is 2. The molecule has 0 spiro atoms. The zero-order valence-corrected chi connectivity index (χ0v) is 20.1. The average molecular weight is 503 g/mol. The molecule has 0 saturated heterocycles. The lowest BCUT2D eigenvalue weighted by molar-refractivity contribution is -0.115. The highest BCUT2D eigenvalue weighted by atomic mass is 32.2. The fraction of sp³-hybridized carbons (Fsp3) is 0.192. The molecule has 2 N–H and O–H groups in total. The SMILES string of the molecule is CCC(Sc1nc(Nc2ccc3c(c2)OCO3)c2ccccc2n1)C(=O)Nc1ccc2c(c1)OCO2. The molecule has 2 aliphatic rings. The van der Waals surface area contributed by atoms with Gasteiger partial charge in [0.2, 0.25) is 19.5 Å². The van der Waals surface area contributed by atoms with Crippen LogP contribution in [-0.4, -0.2) is 34.7 Å². The number of aromatic nitrogens is 2. The zero-order valence-electron chi connectivity index (χ0n) is 19.3. The third kappa shape index (κ3) is 4.42. The number of anilines is 3. The van der Waals surface area contributed by atoms with Crippen LogP contribution < -0.4 is 29.6 Å². The number of ether oxygens (including phenoxy) is 4. The van der Waals surface area contributed by atoms with Crippen LogP contribution in [0.1, 0.15) is 13.3 Å². The van der Waals surface area contributed by atoms with Gasteiger partial charge >= 0.3 is 0 Å². The molecule has 10 heteroatoms. The van der Waals surface area contributed by atoms with Crippen molar-refractivity contribution in [1.29, 1.82) is 0 Å². The first-order valence-electron chi connectivity index (χ1n) is 11.5. The molecule has 0 aliphatic carbocycles. The van der Waals surface area contributed by atoms with Crippen LogP contribution in [0.5, 0.6) is 23.0 Å². The van der Waals surface area contributed by atoms with E-state index in [2.05, 4.69) is 10.6 Å². The minimum Gasteiger partial charge on any atom is -0.454 e. The standard InChI is InChI=1S/C26H22N4O5S/c1-2-23(25(31)28-16-8-10-20-22(12-16)35-14-33-20)36-26-29-18-6-4-3-5-17(18)24(30-26)27-15-7-9-19-21(11-15)34-13-32-19/h3-12,23H,2,13-14H2,1H3,(H,28,31)(H,27,29,30). The molecule has 0 fully saturated rings. The van der Waals surface area contributed by atoms with E-state index in [9.17, 15) is 4.79 Å². The van der Waals surface area contributed by atoms with Crippen LogP contribution >= 0.6 is 11.8 Å². The van der Waals surface area contributed by atoms with Crippen LogP contribution in [0.4, 0.5) is 17.2 Å². The summed E-state index contributed by atoms with van der Waals surface area (Å²) >= 11 is 1.33. The van der Waals surface area contributed by atoms with Gasteiger partial charge in [-0.15, -0.1) is 0 Å². The summed E-state index contributed by atoms with van der Waals surface area (Å²) in [5.41, 5.74) is 2.24. The number of nitrogens with zero attached hydrogens (tertiary/aromatic N) is 2. The second-order valence-electron chi connectivity index (χ2n) is 8.14. The fourth-order valence-corrected chi connectivity index (χ4v) is 4.84. The number of para-hydroxylation sites is 1. The minimum atomic E-state index is -0.394. The Morgan fingerprint density at radius 2 is 1.56 bits per heavy atom. The second kappa shape index (κ2) is 9.46. The molecule has 182 valence electrons. The number of carbonyl (C=O) groups is 1. The Balaban J connectivity index is 1.24. The molecule has 1 aromatic heterocycles. The first kappa shape index (κ1) is 22.3. The van der Waals surface area contributed by atoms with Crippen molar-refractivity contribution in [3.8, 4) is 23.0 Å². The fourth-order valence-electron chi connectivity index (χ4n) is 3.96. The number of benzene rings is 3. The summed E-state index contributed by atoms with van der Waals surface area (Å²) in [6, 6.07) is 18.7.